The van der Waals surface area contributed by atoms with Gasteiger partial charge in [-0.2, -0.15) is 0 Å². The van der Waals surface area contributed by atoms with E-state index in [4.69, 9.17) is 5.73 Å². The van der Waals surface area contributed by atoms with Gasteiger partial charge >= 0.3 is 0 Å². The fourth-order valence-corrected chi connectivity index (χ4v) is 7.39. The van der Waals surface area contributed by atoms with Crippen molar-refractivity contribution in [2.75, 3.05) is 19.0 Å². The van der Waals surface area contributed by atoms with E-state index in [1.54, 1.807) is 51.1 Å². The highest BCUT2D eigenvalue weighted by Gasteiger charge is 2.69. The molecule has 2 fully saturated rings. The summed E-state index contributed by atoms with van der Waals surface area (Å²) < 4.78 is 0. The highest BCUT2D eigenvalue weighted by molar-refractivity contribution is 6.32. The quantitative estimate of drug-likeness (QED) is 0.355. The molecule has 0 heterocycles. The smallest absolute Gasteiger partial charge is 0.247 e. The Bertz CT molecular complexity index is 1510. The number of allylic oxidation sites excluding steroid dienone is 3. The largest absolute Gasteiger partial charge is 0.507 e. The molecule has 0 saturated heterocycles. The van der Waals surface area contributed by atoms with Crippen LogP contribution in [-0.2, 0) is 36.9 Å². The number of hydrogen-bond acceptors (Lipinski definition) is 9. The van der Waals surface area contributed by atoms with E-state index < -0.39 is 70.1 Å². The maximum absolute atomic E-state index is 14.1. The normalized spacial score (nSPS) is 30.0. The molecule has 4 aliphatic carbocycles. The lowest BCUT2D eigenvalue weighted by Gasteiger charge is -2.52. The van der Waals surface area contributed by atoms with Crippen molar-refractivity contribution < 1.29 is 39.0 Å². The number of amides is 2. The van der Waals surface area contributed by atoms with E-state index in [0.717, 1.165) is 0 Å². The predicted molar refractivity (Wildman–Crippen MR) is 150 cm³/mol. The van der Waals surface area contributed by atoms with Crippen LogP contribution in [0.2, 0.25) is 0 Å². The minimum absolute atomic E-state index is 0.0124. The van der Waals surface area contributed by atoms with Crippen LogP contribution in [0.15, 0.2) is 29.9 Å². The molecule has 0 radical (unpaired) electrons. The summed E-state index contributed by atoms with van der Waals surface area (Å²) in [7, 11) is 3.53. The van der Waals surface area contributed by atoms with Gasteiger partial charge < -0.3 is 26.2 Å². The van der Waals surface area contributed by atoms with Gasteiger partial charge in [0.2, 0.25) is 11.8 Å². The summed E-state index contributed by atoms with van der Waals surface area (Å²) >= 11 is 0. The first-order chi connectivity index (χ1) is 19.7. The Morgan fingerprint density at radius 1 is 1.17 bits per heavy atom. The van der Waals surface area contributed by atoms with Gasteiger partial charge in [-0.15, -0.1) is 0 Å². The van der Waals surface area contributed by atoms with Crippen LogP contribution >= 0.6 is 0 Å². The Balaban J connectivity index is 1.57. The second kappa shape index (κ2) is 10.3. The Morgan fingerprint density at radius 3 is 2.43 bits per heavy atom. The van der Waals surface area contributed by atoms with E-state index in [-0.39, 0.29) is 42.2 Å². The number of hydrogen-bond donors (Lipinski definition) is 4. The Kier molecular flexibility index (Phi) is 7.21. The number of fused-ring (bicyclic) bond motifs is 3. The van der Waals surface area contributed by atoms with Crippen molar-refractivity contribution in [3.8, 4) is 5.75 Å². The molecule has 222 valence electrons. The zero-order chi connectivity index (χ0) is 30.8. The number of benzene rings is 1. The molecule has 1 aromatic carbocycles. The summed E-state index contributed by atoms with van der Waals surface area (Å²) in [6.07, 6.45) is 5.97. The number of carbonyl (C=O) groups excluding carboxylic acids is 6. The summed E-state index contributed by atoms with van der Waals surface area (Å²) in [6.45, 7) is 3.32. The molecule has 1 aromatic rings. The fourth-order valence-electron chi connectivity index (χ4n) is 7.39. The molecule has 0 aliphatic heterocycles. The number of anilines is 1. The Morgan fingerprint density at radius 2 is 1.86 bits per heavy atom. The minimum Gasteiger partial charge on any atom is -0.507 e. The summed E-state index contributed by atoms with van der Waals surface area (Å²) in [5.74, 6) is -12.4. The number of phenols is 1. The molecule has 2 saturated carbocycles. The highest BCUT2D eigenvalue weighted by Crippen LogP contribution is 2.54. The Hall–Kier alpha value is -4.12. The van der Waals surface area contributed by atoms with Crippen molar-refractivity contribution in [1.29, 1.82) is 0 Å². The summed E-state index contributed by atoms with van der Waals surface area (Å²) in [5, 5.41) is 25.8. The van der Waals surface area contributed by atoms with Crippen molar-refractivity contribution in [2.24, 2.45) is 41.2 Å². The number of carbonyl (C=O) groups is 6. The number of Topliss-reactive ketones (excluding diaryl/α,β-unsaturated/α-hetero) is 4. The van der Waals surface area contributed by atoms with E-state index in [0.29, 0.717) is 23.2 Å². The van der Waals surface area contributed by atoms with Crippen LogP contribution in [0.25, 0.3) is 0 Å². The van der Waals surface area contributed by atoms with Crippen LogP contribution in [-0.4, -0.2) is 64.9 Å². The molecule has 11 heteroatoms. The molecular formula is C31H35N3O8. The molecule has 0 aromatic heterocycles. The van der Waals surface area contributed by atoms with E-state index in [2.05, 4.69) is 5.32 Å². The number of nitrogens with two attached hydrogens (primary N) is 1. The monoisotopic (exact) mass is 577 g/mol. The highest BCUT2D eigenvalue weighted by atomic mass is 16.3. The van der Waals surface area contributed by atoms with Gasteiger partial charge in [-0.25, -0.2) is 0 Å². The topological polar surface area (TPSA) is 184 Å². The molecule has 0 bridgehead atoms. The predicted octanol–water partition coefficient (Wildman–Crippen LogP) is 0.778. The first-order valence-electron chi connectivity index (χ1n) is 14.1. The van der Waals surface area contributed by atoms with Gasteiger partial charge in [0.1, 0.15) is 5.75 Å². The molecule has 5 N–H and O–H groups in total. The van der Waals surface area contributed by atoms with Crippen molar-refractivity contribution in [3.63, 3.8) is 0 Å². The standard InChI is InChI=1S/C31H35N3O8/c1-13(2)20-18-10-15-9-17-19(34(3)4)11-16(12-33-30(41)14-7-5-6-8-14)24(35)22(17)26(37)21(15)27(38)31(18,42)28(39)23(25(20)36)29(32)40/h5-7,11,13,15,18,20-21,23,35,42H,8-10,12H2,1-4H3,(H2,32,40)(H,33,41)/t15-,18-,20-,21?,23?,31-/m0/s1. The van der Waals surface area contributed by atoms with Crippen LogP contribution in [0, 0.1) is 35.5 Å². The van der Waals surface area contributed by atoms with Gasteiger partial charge in [-0.05, 0) is 42.7 Å². The van der Waals surface area contributed by atoms with Crippen LogP contribution in [0.3, 0.4) is 0 Å². The second-order valence-electron chi connectivity index (χ2n) is 12.3. The van der Waals surface area contributed by atoms with Gasteiger partial charge in [-0.1, -0.05) is 32.1 Å². The summed E-state index contributed by atoms with van der Waals surface area (Å²) in [5.41, 5.74) is 4.47. The van der Waals surface area contributed by atoms with Gasteiger partial charge in [-0.3, -0.25) is 28.8 Å². The first-order valence-corrected chi connectivity index (χ1v) is 14.1. The average molecular weight is 578 g/mol. The molecule has 2 amide bonds. The molecule has 42 heavy (non-hydrogen) atoms. The van der Waals surface area contributed by atoms with Gasteiger partial charge in [0.15, 0.2) is 34.7 Å². The van der Waals surface area contributed by atoms with Gasteiger partial charge in [0.05, 0.1) is 11.5 Å². The molecule has 11 nitrogen and oxygen atoms in total. The number of aromatic hydroxyl groups is 1. The third-order valence-electron chi connectivity index (χ3n) is 9.35. The second-order valence-corrected chi connectivity index (χ2v) is 12.3. The van der Waals surface area contributed by atoms with Crippen molar-refractivity contribution in [3.05, 3.63) is 46.6 Å². The number of primary amides is 1. The molecule has 4 aliphatic rings. The number of ketones is 4. The lowest BCUT2D eigenvalue weighted by atomic mass is 9.49. The molecule has 2 unspecified atom stereocenters. The van der Waals surface area contributed by atoms with Crippen LogP contribution in [0.5, 0.6) is 5.75 Å². The third-order valence-corrected chi connectivity index (χ3v) is 9.35. The van der Waals surface area contributed by atoms with E-state index in [1.165, 1.54) is 0 Å². The average Bonchev–Trinajstić information content (AvgIpc) is 3.45. The zero-order valence-corrected chi connectivity index (χ0v) is 24.0. The van der Waals surface area contributed by atoms with Crippen molar-refractivity contribution >= 4 is 40.6 Å². The number of nitrogens with zero attached hydrogens (tertiary/aromatic N) is 1. The lowest BCUT2D eigenvalue weighted by Crippen LogP contribution is -2.71. The number of phenolic OH excluding ortho intramolecular Hbond substituents is 1. The number of rotatable bonds is 6. The number of aliphatic hydroxyl groups is 1. The summed E-state index contributed by atoms with van der Waals surface area (Å²) in [6, 6.07) is 1.69. The maximum atomic E-state index is 14.1. The van der Waals surface area contributed by atoms with Gasteiger partial charge in [0.25, 0.3) is 0 Å². The van der Waals surface area contributed by atoms with E-state index in [9.17, 15) is 39.0 Å². The summed E-state index contributed by atoms with van der Waals surface area (Å²) in [4.78, 5) is 81.4. The first kappa shape index (κ1) is 29.4. The van der Waals surface area contributed by atoms with Crippen LogP contribution < -0.4 is 16.0 Å². The molecule has 0 spiro atoms. The van der Waals surface area contributed by atoms with Gasteiger partial charge in [0, 0.05) is 49.3 Å². The maximum Gasteiger partial charge on any atom is 0.247 e. The van der Waals surface area contributed by atoms with Crippen LogP contribution in [0.4, 0.5) is 5.69 Å². The minimum atomic E-state index is -2.74. The number of nitrogens with one attached hydrogen (secondary N) is 1. The van der Waals surface area contributed by atoms with Crippen LogP contribution in [0.1, 0.15) is 48.2 Å². The molecule has 5 rings (SSSR count). The van der Waals surface area contributed by atoms with Crippen molar-refractivity contribution in [2.45, 2.75) is 45.3 Å². The molecule has 6 atom stereocenters. The SMILES string of the molecule is CC(C)[C@@H]1C(=O)C(C(N)=O)C(=O)[C@@]2(O)C(=O)C3C(=O)c4c(O)c(CNC(=O)C5=CC=CC5)cc(N(C)C)c4C[C@H]3C[C@@H]12. The van der Waals surface area contributed by atoms with Crippen molar-refractivity contribution in [1.82, 2.24) is 5.32 Å². The lowest BCUT2D eigenvalue weighted by molar-refractivity contribution is -0.182. The zero-order valence-electron chi connectivity index (χ0n) is 24.0. The van der Waals surface area contributed by atoms with E-state index >= 15 is 0 Å². The molecular weight excluding hydrogens is 542 g/mol. The van der Waals surface area contributed by atoms with E-state index in [1.807, 2.05) is 6.08 Å². The fraction of sp³-hybridized carbons (Fsp3) is 0.484. The Labute approximate surface area is 242 Å². The third kappa shape index (κ3) is 4.21.